The van der Waals surface area contributed by atoms with Crippen LogP contribution in [0.4, 0.5) is 0 Å². The zero-order chi connectivity index (χ0) is 13.2. The second kappa shape index (κ2) is 5.71. The highest BCUT2D eigenvalue weighted by Gasteiger charge is 2.40. The second-order valence-corrected chi connectivity index (χ2v) is 7.07. The van der Waals surface area contributed by atoms with Gasteiger partial charge in [-0.3, -0.25) is 4.90 Å². The van der Waals surface area contributed by atoms with E-state index in [9.17, 15) is 0 Å². The molecule has 3 atom stereocenters. The minimum absolute atomic E-state index is 0.271. The molecule has 17 heavy (non-hydrogen) atoms. The van der Waals surface area contributed by atoms with Crippen molar-refractivity contribution >= 4 is 0 Å². The Hall–Kier alpha value is -0.0800. The Morgan fingerprint density at radius 3 is 2.29 bits per heavy atom. The van der Waals surface area contributed by atoms with Gasteiger partial charge in [0.25, 0.3) is 0 Å². The van der Waals surface area contributed by atoms with E-state index in [1.807, 2.05) is 0 Å². The molecule has 0 bridgehead atoms. The van der Waals surface area contributed by atoms with E-state index < -0.39 is 0 Å². The molecule has 0 aliphatic carbocycles. The van der Waals surface area contributed by atoms with Gasteiger partial charge in [0.2, 0.25) is 0 Å². The normalized spacial score (nSPS) is 26.5. The molecule has 1 aliphatic rings. The van der Waals surface area contributed by atoms with Gasteiger partial charge in [0, 0.05) is 18.1 Å². The third kappa shape index (κ3) is 3.45. The van der Waals surface area contributed by atoms with Crippen LogP contribution in [-0.4, -0.2) is 29.6 Å². The van der Waals surface area contributed by atoms with Crippen molar-refractivity contribution in [3.63, 3.8) is 0 Å². The summed E-state index contributed by atoms with van der Waals surface area (Å²) in [5.41, 5.74) is 6.67. The summed E-state index contributed by atoms with van der Waals surface area (Å²) in [5, 5.41) is 0. The summed E-state index contributed by atoms with van der Waals surface area (Å²) in [4.78, 5) is 2.71. The predicted octanol–water partition coefficient (Wildman–Crippen LogP) is 3.26. The molecule has 0 aromatic rings. The molecular weight excluding hydrogens is 208 g/mol. The average molecular weight is 240 g/mol. The lowest BCUT2D eigenvalue weighted by Gasteiger charge is -2.45. The summed E-state index contributed by atoms with van der Waals surface area (Å²) in [5.74, 6) is 0.742. The number of rotatable bonds is 4. The maximum absolute atomic E-state index is 6.40. The van der Waals surface area contributed by atoms with E-state index in [1.54, 1.807) is 0 Å². The first kappa shape index (κ1) is 15.0. The lowest BCUT2D eigenvalue weighted by atomic mass is 9.79. The molecular formula is C15H32N2. The smallest absolute Gasteiger partial charge is 0.0298 e. The Labute approximate surface area is 108 Å². The molecule has 0 radical (unpaired) electrons. The van der Waals surface area contributed by atoms with Crippen LogP contribution < -0.4 is 5.73 Å². The molecule has 1 saturated heterocycles. The van der Waals surface area contributed by atoms with E-state index in [-0.39, 0.29) is 5.41 Å². The maximum Gasteiger partial charge on any atom is 0.0298 e. The zero-order valence-electron chi connectivity index (χ0n) is 12.7. The van der Waals surface area contributed by atoms with Crippen molar-refractivity contribution in [3.05, 3.63) is 0 Å². The summed E-state index contributed by atoms with van der Waals surface area (Å²) in [6, 6.07) is 1.55. The molecule has 102 valence electrons. The number of nitrogens with zero attached hydrogens (tertiary/aromatic N) is 1. The Balaban J connectivity index is 2.90. The maximum atomic E-state index is 6.40. The van der Waals surface area contributed by atoms with Crippen molar-refractivity contribution in [2.24, 2.45) is 17.1 Å². The molecule has 0 aromatic heterocycles. The van der Waals surface area contributed by atoms with E-state index in [0.717, 1.165) is 18.4 Å². The first-order chi connectivity index (χ1) is 7.79. The van der Waals surface area contributed by atoms with Crippen LogP contribution in [0.25, 0.3) is 0 Å². The van der Waals surface area contributed by atoms with Gasteiger partial charge in [-0.15, -0.1) is 0 Å². The Morgan fingerprint density at radius 1 is 1.29 bits per heavy atom. The molecule has 0 spiro atoms. The van der Waals surface area contributed by atoms with E-state index in [2.05, 4.69) is 46.4 Å². The topological polar surface area (TPSA) is 29.3 Å². The Kier molecular flexibility index (Phi) is 5.03. The molecule has 3 unspecified atom stereocenters. The summed E-state index contributed by atoms with van der Waals surface area (Å²) in [6.07, 6.45) is 3.76. The van der Waals surface area contributed by atoms with E-state index >= 15 is 0 Å². The largest absolute Gasteiger partial charge is 0.326 e. The lowest BCUT2D eigenvalue weighted by Crippen LogP contribution is -2.56. The summed E-state index contributed by atoms with van der Waals surface area (Å²) >= 11 is 0. The monoisotopic (exact) mass is 240 g/mol. The van der Waals surface area contributed by atoms with Gasteiger partial charge in [0.05, 0.1) is 0 Å². The van der Waals surface area contributed by atoms with Gasteiger partial charge in [-0.05, 0) is 37.1 Å². The van der Waals surface area contributed by atoms with Crippen LogP contribution in [0.15, 0.2) is 0 Å². The fraction of sp³-hybridized carbons (Fsp3) is 1.00. The standard InChI is InChI=1S/C15H32N2/c1-7-12(16)14(15(4,5)6)17-10-8-9-13(17)11(2)3/h11-14H,7-10,16H2,1-6H3. The van der Waals surface area contributed by atoms with Crippen LogP contribution in [0.3, 0.4) is 0 Å². The van der Waals surface area contributed by atoms with Gasteiger partial charge >= 0.3 is 0 Å². The Morgan fingerprint density at radius 2 is 1.88 bits per heavy atom. The van der Waals surface area contributed by atoms with Crippen molar-refractivity contribution in [3.8, 4) is 0 Å². The van der Waals surface area contributed by atoms with Crippen molar-refractivity contribution in [2.75, 3.05) is 6.54 Å². The van der Waals surface area contributed by atoms with Crippen LogP contribution in [0.5, 0.6) is 0 Å². The van der Waals surface area contributed by atoms with Crippen molar-refractivity contribution in [2.45, 2.75) is 78.9 Å². The third-order valence-corrected chi connectivity index (χ3v) is 4.23. The predicted molar refractivity (Wildman–Crippen MR) is 76.1 cm³/mol. The third-order valence-electron chi connectivity index (χ3n) is 4.23. The van der Waals surface area contributed by atoms with Crippen LogP contribution in [-0.2, 0) is 0 Å². The molecule has 2 nitrogen and oxygen atoms in total. The fourth-order valence-corrected chi connectivity index (χ4v) is 3.49. The molecule has 1 fully saturated rings. The minimum Gasteiger partial charge on any atom is -0.326 e. The summed E-state index contributed by atoms with van der Waals surface area (Å²) < 4.78 is 0. The van der Waals surface area contributed by atoms with Gasteiger partial charge < -0.3 is 5.73 Å². The fourth-order valence-electron chi connectivity index (χ4n) is 3.49. The minimum atomic E-state index is 0.271. The van der Waals surface area contributed by atoms with Gasteiger partial charge in [-0.2, -0.15) is 0 Å². The molecule has 0 amide bonds. The first-order valence-corrected chi connectivity index (χ1v) is 7.30. The van der Waals surface area contributed by atoms with E-state index in [4.69, 9.17) is 5.73 Å². The molecule has 0 saturated carbocycles. The second-order valence-electron chi connectivity index (χ2n) is 7.07. The molecule has 0 aromatic carbocycles. The number of hydrogen-bond acceptors (Lipinski definition) is 2. The number of likely N-dealkylation sites (tertiary alicyclic amines) is 1. The average Bonchev–Trinajstić information content (AvgIpc) is 2.64. The van der Waals surface area contributed by atoms with E-state index in [0.29, 0.717) is 12.1 Å². The highest BCUT2D eigenvalue weighted by molar-refractivity contribution is 4.96. The van der Waals surface area contributed by atoms with Crippen molar-refractivity contribution in [1.29, 1.82) is 0 Å². The van der Waals surface area contributed by atoms with Crippen LogP contribution in [0.1, 0.15) is 60.8 Å². The van der Waals surface area contributed by atoms with Crippen LogP contribution in [0.2, 0.25) is 0 Å². The zero-order valence-corrected chi connectivity index (χ0v) is 12.7. The molecule has 1 heterocycles. The Bertz CT molecular complexity index is 230. The quantitative estimate of drug-likeness (QED) is 0.817. The highest BCUT2D eigenvalue weighted by Crippen LogP contribution is 2.35. The summed E-state index contributed by atoms with van der Waals surface area (Å²) in [7, 11) is 0. The molecule has 1 aliphatic heterocycles. The van der Waals surface area contributed by atoms with Gasteiger partial charge in [-0.25, -0.2) is 0 Å². The van der Waals surface area contributed by atoms with Gasteiger partial charge in [0.15, 0.2) is 0 Å². The van der Waals surface area contributed by atoms with Crippen LogP contribution >= 0.6 is 0 Å². The van der Waals surface area contributed by atoms with Crippen molar-refractivity contribution < 1.29 is 0 Å². The molecule has 1 rings (SSSR count). The summed E-state index contributed by atoms with van der Waals surface area (Å²) in [6.45, 7) is 15.2. The number of nitrogens with two attached hydrogens (primary N) is 1. The number of hydrogen-bond donors (Lipinski definition) is 1. The molecule has 2 heteroatoms. The van der Waals surface area contributed by atoms with Gasteiger partial charge in [0.1, 0.15) is 0 Å². The highest BCUT2D eigenvalue weighted by atomic mass is 15.2. The SMILES string of the molecule is CCC(N)C(N1CCCC1C(C)C)C(C)(C)C. The van der Waals surface area contributed by atoms with Crippen molar-refractivity contribution in [1.82, 2.24) is 4.90 Å². The molecule has 2 N–H and O–H groups in total. The van der Waals surface area contributed by atoms with Gasteiger partial charge in [-0.1, -0.05) is 41.5 Å². The first-order valence-electron chi connectivity index (χ1n) is 7.30. The van der Waals surface area contributed by atoms with E-state index in [1.165, 1.54) is 19.4 Å². The lowest BCUT2D eigenvalue weighted by molar-refractivity contribution is 0.0498. The van der Waals surface area contributed by atoms with Crippen LogP contribution in [0, 0.1) is 11.3 Å².